The van der Waals surface area contributed by atoms with Crippen molar-refractivity contribution in [1.29, 1.82) is 0 Å². The highest BCUT2D eigenvalue weighted by molar-refractivity contribution is 5.74. The summed E-state index contributed by atoms with van der Waals surface area (Å²) in [5, 5.41) is 13.0. The van der Waals surface area contributed by atoms with Gasteiger partial charge in [-0.05, 0) is 5.21 Å². The van der Waals surface area contributed by atoms with Gasteiger partial charge in [-0.25, -0.2) is 5.06 Å². The highest BCUT2D eigenvalue weighted by atomic mass is 16.7. The summed E-state index contributed by atoms with van der Waals surface area (Å²) in [6.45, 7) is -0.00975. The molecule has 1 aromatic carbocycles. The second-order valence-electron chi connectivity index (χ2n) is 3.58. The van der Waals surface area contributed by atoms with Crippen molar-refractivity contribution in [1.82, 2.24) is 25.3 Å². The number of carbonyl (C=O) groups is 1. The van der Waals surface area contributed by atoms with Gasteiger partial charge < -0.3 is 0 Å². The van der Waals surface area contributed by atoms with Crippen molar-refractivity contribution >= 4 is 5.91 Å². The fourth-order valence-corrected chi connectivity index (χ4v) is 1.34. The highest BCUT2D eigenvalue weighted by Crippen LogP contribution is 2.11. The van der Waals surface area contributed by atoms with Gasteiger partial charge >= 0.3 is 0 Å². The minimum atomic E-state index is -0.255. The molecule has 2 rings (SSSR count). The number of amides is 1. The summed E-state index contributed by atoms with van der Waals surface area (Å²) in [7, 11) is 2.94. The largest absolute Gasteiger partial charge is 0.275 e. The number of benzene rings is 1. The minimum absolute atomic E-state index is 0.00975. The average molecular weight is 247 g/mol. The normalized spacial score (nSPS) is 10.3. The molecule has 0 unspecified atom stereocenters. The standard InChI is InChI=1S/C11H13N5O2/c1-15(18-2)10(17)8-16-13-11(12-14-16)9-6-4-3-5-7-9/h3-7H,8H2,1-2H3. The predicted octanol–water partition coefficient (Wildman–Crippen LogP) is 0.360. The van der Waals surface area contributed by atoms with E-state index in [0.29, 0.717) is 5.82 Å². The summed E-state index contributed by atoms with van der Waals surface area (Å²) in [6.07, 6.45) is 0. The van der Waals surface area contributed by atoms with E-state index in [0.717, 1.165) is 10.6 Å². The van der Waals surface area contributed by atoms with E-state index in [9.17, 15) is 4.79 Å². The maximum atomic E-state index is 11.6. The molecular weight excluding hydrogens is 234 g/mol. The second-order valence-corrected chi connectivity index (χ2v) is 3.58. The number of tetrazole rings is 1. The number of hydroxylamine groups is 2. The summed E-state index contributed by atoms with van der Waals surface area (Å²) >= 11 is 0. The van der Waals surface area contributed by atoms with Crippen molar-refractivity contribution in [3.8, 4) is 11.4 Å². The van der Waals surface area contributed by atoms with Crippen molar-refractivity contribution in [3.63, 3.8) is 0 Å². The molecule has 0 spiro atoms. The van der Waals surface area contributed by atoms with E-state index in [4.69, 9.17) is 4.84 Å². The second kappa shape index (κ2) is 5.37. The van der Waals surface area contributed by atoms with Gasteiger partial charge in [-0.1, -0.05) is 30.3 Å². The number of likely N-dealkylation sites (N-methyl/N-ethyl adjacent to an activating group) is 1. The van der Waals surface area contributed by atoms with Gasteiger partial charge in [-0.15, -0.1) is 10.2 Å². The van der Waals surface area contributed by atoms with Crippen LogP contribution in [0.25, 0.3) is 11.4 Å². The lowest BCUT2D eigenvalue weighted by atomic mass is 10.2. The zero-order chi connectivity index (χ0) is 13.0. The molecule has 0 N–H and O–H groups in total. The third-order valence-corrected chi connectivity index (χ3v) is 2.39. The quantitative estimate of drug-likeness (QED) is 0.729. The van der Waals surface area contributed by atoms with E-state index in [2.05, 4.69) is 15.4 Å². The van der Waals surface area contributed by atoms with E-state index in [-0.39, 0.29) is 12.5 Å². The molecule has 1 heterocycles. The summed E-state index contributed by atoms with van der Waals surface area (Å²) in [5.74, 6) is 0.234. The van der Waals surface area contributed by atoms with Gasteiger partial charge in [0.05, 0.1) is 7.11 Å². The first-order valence-electron chi connectivity index (χ1n) is 5.34. The van der Waals surface area contributed by atoms with Gasteiger partial charge in [0.25, 0.3) is 5.91 Å². The maximum absolute atomic E-state index is 11.6. The Kier molecular flexibility index (Phi) is 3.63. The molecule has 2 aromatic rings. The van der Waals surface area contributed by atoms with Crippen LogP contribution in [0.1, 0.15) is 0 Å². The molecule has 7 nitrogen and oxygen atoms in total. The van der Waals surface area contributed by atoms with Crippen molar-refractivity contribution in [2.45, 2.75) is 6.54 Å². The molecule has 0 atom stereocenters. The van der Waals surface area contributed by atoms with Gasteiger partial charge in [0, 0.05) is 12.6 Å². The molecule has 0 saturated carbocycles. The Morgan fingerprint density at radius 2 is 2.11 bits per heavy atom. The average Bonchev–Trinajstić information content (AvgIpc) is 2.87. The number of nitrogens with zero attached hydrogens (tertiary/aromatic N) is 5. The van der Waals surface area contributed by atoms with E-state index in [1.54, 1.807) is 0 Å². The smallest absolute Gasteiger partial charge is 0.269 e. The molecule has 0 saturated heterocycles. The monoisotopic (exact) mass is 247 g/mol. The highest BCUT2D eigenvalue weighted by Gasteiger charge is 2.12. The fraction of sp³-hybridized carbons (Fsp3) is 0.273. The first-order chi connectivity index (χ1) is 8.70. The first-order valence-corrected chi connectivity index (χ1v) is 5.34. The predicted molar refractivity (Wildman–Crippen MR) is 63.0 cm³/mol. The van der Waals surface area contributed by atoms with Crippen LogP contribution in [0.5, 0.6) is 0 Å². The Bertz CT molecular complexity index is 525. The van der Waals surface area contributed by atoms with Crippen LogP contribution in [0.15, 0.2) is 30.3 Å². The van der Waals surface area contributed by atoms with Crippen LogP contribution < -0.4 is 0 Å². The van der Waals surface area contributed by atoms with E-state index < -0.39 is 0 Å². The molecule has 0 aliphatic heterocycles. The maximum Gasteiger partial charge on any atom is 0.269 e. The van der Waals surface area contributed by atoms with Crippen molar-refractivity contribution < 1.29 is 9.63 Å². The SMILES string of the molecule is CON(C)C(=O)Cn1nnc(-c2ccccc2)n1. The van der Waals surface area contributed by atoms with Gasteiger partial charge in [0.15, 0.2) is 0 Å². The van der Waals surface area contributed by atoms with Crippen LogP contribution in [0.4, 0.5) is 0 Å². The van der Waals surface area contributed by atoms with Crippen LogP contribution in [0, 0.1) is 0 Å². The lowest BCUT2D eigenvalue weighted by molar-refractivity contribution is -0.169. The molecule has 0 aliphatic carbocycles. The van der Waals surface area contributed by atoms with Crippen LogP contribution >= 0.6 is 0 Å². The Morgan fingerprint density at radius 1 is 1.39 bits per heavy atom. The third kappa shape index (κ3) is 2.69. The molecule has 0 aliphatic rings. The van der Waals surface area contributed by atoms with Crippen LogP contribution in [0.2, 0.25) is 0 Å². The van der Waals surface area contributed by atoms with E-state index >= 15 is 0 Å². The molecule has 0 fully saturated rings. The number of aromatic nitrogens is 4. The Hall–Kier alpha value is -2.28. The number of hydrogen-bond acceptors (Lipinski definition) is 5. The first kappa shape index (κ1) is 12.2. The zero-order valence-corrected chi connectivity index (χ0v) is 10.1. The Labute approximate surface area is 104 Å². The molecular formula is C11H13N5O2. The number of rotatable bonds is 4. The Morgan fingerprint density at radius 3 is 2.78 bits per heavy atom. The van der Waals surface area contributed by atoms with E-state index in [1.807, 2.05) is 30.3 Å². The van der Waals surface area contributed by atoms with Crippen molar-refractivity contribution in [3.05, 3.63) is 30.3 Å². The van der Waals surface area contributed by atoms with Crippen LogP contribution in [-0.4, -0.2) is 45.3 Å². The lowest BCUT2D eigenvalue weighted by Crippen LogP contribution is -2.29. The summed E-state index contributed by atoms with van der Waals surface area (Å²) in [5.41, 5.74) is 0.858. The summed E-state index contributed by atoms with van der Waals surface area (Å²) in [4.78, 5) is 17.6. The van der Waals surface area contributed by atoms with E-state index in [1.165, 1.54) is 19.0 Å². The molecule has 0 radical (unpaired) electrons. The van der Waals surface area contributed by atoms with Crippen LogP contribution in [-0.2, 0) is 16.2 Å². The third-order valence-electron chi connectivity index (χ3n) is 2.39. The lowest BCUT2D eigenvalue weighted by Gasteiger charge is -2.12. The number of carbonyl (C=O) groups excluding carboxylic acids is 1. The van der Waals surface area contributed by atoms with Crippen molar-refractivity contribution in [2.24, 2.45) is 0 Å². The van der Waals surface area contributed by atoms with Gasteiger partial charge in [-0.3, -0.25) is 9.63 Å². The summed E-state index contributed by atoms with van der Waals surface area (Å²) < 4.78 is 0. The Balaban J connectivity index is 2.10. The molecule has 7 heteroatoms. The van der Waals surface area contributed by atoms with Gasteiger partial charge in [0.2, 0.25) is 5.82 Å². The van der Waals surface area contributed by atoms with Crippen LogP contribution in [0.3, 0.4) is 0 Å². The van der Waals surface area contributed by atoms with Gasteiger partial charge in [-0.2, -0.15) is 4.80 Å². The zero-order valence-electron chi connectivity index (χ0n) is 10.1. The van der Waals surface area contributed by atoms with Gasteiger partial charge in [0.1, 0.15) is 6.54 Å². The van der Waals surface area contributed by atoms with Crippen molar-refractivity contribution in [2.75, 3.05) is 14.2 Å². The fourth-order valence-electron chi connectivity index (χ4n) is 1.34. The molecule has 1 aromatic heterocycles. The number of hydrogen-bond donors (Lipinski definition) is 0. The summed E-state index contributed by atoms with van der Waals surface area (Å²) in [6, 6.07) is 9.44. The molecule has 18 heavy (non-hydrogen) atoms. The molecule has 1 amide bonds. The molecule has 94 valence electrons. The molecule has 0 bridgehead atoms. The minimum Gasteiger partial charge on any atom is -0.275 e. The topological polar surface area (TPSA) is 73.1 Å².